The molecule has 2 aromatic carbocycles. The first-order valence-electron chi connectivity index (χ1n) is 15.7. The van der Waals surface area contributed by atoms with Crippen molar-refractivity contribution in [1.82, 2.24) is 15.3 Å². The second-order valence-corrected chi connectivity index (χ2v) is 13.0. The molecule has 270 valence electrons. The molecule has 2 atom stereocenters. The van der Waals surface area contributed by atoms with E-state index in [2.05, 4.69) is 28.2 Å². The van der Waals surface area contributed by atoms with Gasteiger partial charge in [-0.25, -0.2) is 14.8 Å². The van der Waals surface area contributed by atoms with Gasteiger partial charge in [-0.2, -0.15) is 10.5 Å². The number of rotatable bonds is 17. The highest BCUT2D eigenvalue weighted by molar-refractivity contribution is 7.98. The monoisotopic (exact) mass is 791 g/mol. The van der Waals surface area contributed by atoms with E-state index in [1.807, 2.05) is 17.5 Å². The lowest BCUT2D eigenvalue weighted by Crippen LogP contribution is -2.47. The van der Waals surface area contributed by atoms with Crippen molar-refractivity contribution in [3.05, 3.63) is 75.8 Å². The molecule has 0 radical (unpaired) electrons. The van der Waals surface area contributed by atoms with Gasteiger partial charge in [0, 0.05) is 27.3 Å². The van der Waals surface area contributed by atoms with Gasteiger partial charge in [0.25, 0.3) is 0 Å². The van der Waals surface area contributed by atoms with Crippen LogP contribution in [-0.4, -0.2) is 53.7 Å². The number of amides is 1. The molecular formula is C34H37Cl3N8O4S2. The van der Waals surface area contributed by atoms with Crippen molar-refractivity contribution in [3.63, 3.8) is 0 Å². The first-order chi connectivity index (χ1) is 24.2. The second-order valence-electron chi connectivity index (χ2n) is 10.7. The van der Waals surface area contributed by atoms with Gasteiger partial charge >= 0.3 is 5.97 Å². The van der Waals surface area contributed by atoms with Gasteiger partial charge in [-0.3, -0.25) is 4.79 Å². The Morgan fingerprint density at radius 1 is 1.04 bits per heavy atom. The summed E-state index contributed by atoms with van der Waals surface area (Å²) in [6.45, 7) is 1.96. The second kappa shape index (κ2) is 21.3. The van der Waals surface area contributed by atoms with Crippen molar-refractivity contribution in [2.24, 2.45) is 11.5 Å². The molecule has 0 saturated carbocycles. The van der Waals surface area contributed by atoms with Crippen LogP contribution in [0.15, 0.2) is 58.9 Å². The first kappa shape index (κ1) is 41.3. The normalized spacial score (nSPS) is 11.7. The number of nitrogen functional groups attached to an aromatic ring is 1. The molecule has 0 bridgehead atoms. The Morgan fingerprint density at radius 2 is 1.73 bits per heavy atom. The molecule has 0 aliphatic rings. The highest BCUT2D eigenvalue weighted by atomic mass is 35.5. The van der Waals surface area contributed by atoms with Gasteiger partial charge in [0.2, 0.25) is 5.91 Å². The number of pyridine rings is 1. The largest absolute Gasteiger partial charge is 0.490 e. The Kier molecular flexibility index (Phi) is 17.2. The summed E-state index contributed by atoms with van der Waals surface area (Å²) >= 11 is 8.81. The number of nitrogens with one attached hydrogen (secondary N) is 1. The summed E-state index contributed by atoms with van der Waals surface area (Å²) in [5.74, 6) is -0.216. The number of hydrogen-bond donors (Lipinski definition) is 4. The van der Waals surface area contributed by atoms with Crippen LogP contribution in [0.4, 0.5) is 5.82 Å². The molecule has 2 aromatic heterocycles. The number of halogens is 3. The molecule has 1 amide bonds. The molecule has 0 saturated heterocycles. The lowest BCUT2D eigenvalue weighted by Gasteiger charge is -2.17. The van der Waals surface area contributed by atoms with Crippen molar-refractivity contribution in [2.75, 3.05) is 25.5 Å². The van der Waals surface area contributed by atoms with Gasteiger partial charge in [-0.05, 0) is 56.1 Å². The van der Waals surface area contributed by atoms with Crippen molar-refractivity contribution < 1.29 is 20.5 Å². The minimum atomic E-state index is -0.917. The zero-order valence-electron chi connectivity index (χ0n) is 28.4. The Morgan fingerprint density at radius 3 is 2.37 bits per heavy atom. The summed E-state index contributed by atoms with van der Waals surface area (Å²) in [4.78, 5) is 33.8. The molecule has 4 aromatic rings. The molecule has 2 heterocycles. The summed E-state index contributed by atoms with van der Waals surface area (Å²) in [7, 11) is 0. The van der Waals surface area contributed by atoms with Gasteiger partial charge in [-0.15, -0.1) is 36.2 Å². The Labute approximate surface area is 323 Å². The molecule has 0 unspecified atom stereocenters. The summed E-state index contributed by atoms with van der Waals surface area (Å²) < 4.78 is 18.3. The number of carbonyl (C=O) groups is 2. The quantitative estimate of drug-likeness (QED) is 0.0561. The average Bonchev–Trinajstić information content (AvgIpc) is 3.60. The number of anilines is 1. The molecule has 51 heavy (non-hydrogen) atoms. The lowest BCUT2D eigenvalue weighted by atomic mass is 9.97. The standard InChI is InChI=1S/C34H35ClN8O4S2.2ClH/c1-20(41-31(44)28(39)4-2-3-13-36)34(45)47-15-14-46-25-11-7-21(8-12-25)29-26(16-37)30(40)43-33(27(29)17-38)49-19-24-18-48-32(42-24)22-5-9-23(35)10-6-22;;/h5-12,18,20,28H,2-4,13-15,19,36,39H2,1H3,(H2,40,43)(H,41,44);2*1H/t20-,28-;;/m0../s1/i/hD. The minimum absolute atomic E-state index is 0. The number of unbranched alkanes of at least 4 members (excludes halogenated alkanes) is 1. The number of esters is 1. The number of nitriles is 2. The third-order valence-electron chi connectivity index (χ3n) is 7.13. The third-order valence-corrected chi connectivity index (χ3v) is 9.33. The molecule has 0 fully saturated rings. The van der Waals surface area contributed by atoms with E-state index in [-0.39, 0.29) is 55.0 Å². The van der Waals surface area contributed by atoms with Crippen LogP contribution in [0.5, 0.6) is 5.75 Å². The molecule has 0 spiro atoms. The zero-order chi connectivity index (χ0) is 36.0. The predicted octanol–water partition coefficient (Wildman–Crippen LogP) is 5.87. The Bertz CT molecular complexity index is 1870. The van der Waals surface area contributed by atoms with E-state index in [9.17, 15) is 20.1 Å². The van der Waals surface area contributed by atoms with E-state index in [0.717, 1.165) is 22.7 Å². The molecule has 7 N–H and O–H groups in total. The average molecular weight is 793 g/mol. The fraction of sp³-hybridized carbons (Fsp3) is 0.294. The number of hydrogen-bond acceptors (Lipinski definition) is 13. The maximum atomic E-state index is 12.4. The number of thiazole rings is 1. The summed E-state index contributed by atoms with van der Waals surface area (Å²) in [6, 6.07) is 16.8. The summed E-state index contributed by atoms with van der Waals surface area (Å²) in [5, 5.41) is 26.4. The van der Waals surface area contributed by atoms with E-state index >= 15 is 0 Å². The first-order valence-corrected chi connectivity index (χ1v) is 17.5. The van der Waals surface area contributed by atoms with Crippen LogP contribution >= 0.6 is 59.5 Å². The number of thioether (sulfide) groups is 1. The summed E-state index contributed by atoms with van der Waals surface area (Å²) in [6.07, 6.45) is 1.83. The number of benzene rings is 2. The molecule has 0 aliphatic carbocycles. The number of nitrogens with two attached hydrogens (primary N) is 3. The molecular weight excluding hydrogens is 755 g/mol. The fourth-order valence-corrected chi connectivity index (χ4v) is 6.52. The zero-order valence-corrected chi connectivity index (χ0v) is 31.4. The van der Waals surface area contributed by atoms with Crippen molar-refractivity contribution in [3.8, 4) is 39.6 Å². The van der Waals surface area contributed by atoms with Crippen molar-refractivity contribution >= 4 is 77.2 Å². The smallest absolute Gasteiger partial charge is 0.328 e. The SMILES string of the molecule is Cl.Cl.[2H]N[C@@H](CCCCN)C(=O)N[C@@H](C)C(=O)OCCOc1ccc(-c2c(C#N)c(N)nc(SCc3csc(-c4ccc(Cl)cc4)n3)c2C#N)cc1. The lowest BCUT2D eigenvalue weighted by molar-refractivity contribution is -0.148. The van der Waals surface area contributed by atoms with Gasteiger partial charge in [0.05, 0.1) is 17.3 Å². The van der Waals surface area contributed by atoms with E-state index in [0.29, 0.717) is 52.1 Å². The van der Waals surface area contributed by atoms with Crippen LogP contribution in [0.2, 0.25) is 6.43 Å². The number of nitrogens with zero attached hydrogens (tertiary/aromatic N) is 4. The van der Waals surface area contributed by atoms with Gasteiger partial charge in [0.1, 0.15) is 60.0 Å². The topological polar surface area (TPSA) is 216 Å². The third kappa shape index (κ3) is 12.0. The van der Waals surface area contributed by atoms with Crippen LogP contribution < -0.4 is 27.2 Å². The van der Waals surface area contributed by atoms with Gasteiger partial charge in [0.15, 0.2) is 0 Å². The molecule has 17 heteroatoms. The van der Waals surface area contributed by atoms with Crippen molar-refractivity contribution in [1.29, 1.82) is 10.5 Å². The van der Waals surface area contributed by atoms with Crippen LogP contribution in [0.3, 0.4) is 0 Å². The van der Waals surface area contributed by atoms with Gasteiger partial charge < -0.3 is 32.0 Å². The molecule has 0 aliphatic heterocycles. The maximum Gasteiger partial charge on any atom is 0.328 e. The number of aromatic nitrogens is 2. The van der Waals surface area contributed by atoms with Gasteiger partial charge in [-0.1, -0.05) is 54.0 Å². The van der Waals surface area contributed by atoms with Crippen LogP contribution in [-0.2, 0) is 20.1 Å². The molecule has 12 nitrogen and oxygen atoms in total. The van der Waals surface area contributed by atoms with Crippen LogP contribution in [0, 0.1) is 22.7 Å². The minimum Gasteiger partial charge on any atom is -0.490 e. The maximum absolute atomic E-state index is 12.4. The number of carbonyl (C=O) groups excluding carboxylic acids is 2. The Hall–Kier alpha value is -4.12. The fourth-order valence-electron chi connectivity index (χ4n) is 4.57. The van der Waals surface area contributed by atoms with E-state index < -0.39 is 24.0 Å². The highest BCUT2D eigenvalue weighted by Gasteiger charge is 2.22. The molecule has 4 rings (SSSR count). The van der Waals surface area contributed by atoms with Crippen LogP contribution in [0.25, 0.3) is 21.7 Å². The van der Waals surface area contributed by atoms with E-state index in [4.69, 9.17) is 38.9 Å². The highest BCUT2D eigenvalue weighted by Crippen LogP contribution is 2.37. The number of ether oxygens (including phenoxy) is 2. The van der Waals surface area contributed by atoms with Crippen molar-refractivity contribution in [2.45, 2.75) is 49.0 Å². The predicted molar refractivity (Wildman–Crippen MR) is 205 cm³/mol. The summed E-state index contributed by atoms with van der Waals surface area (Å²) in [5.41, 5.74) is 16.9. The Balaban J connectivity index is 0.00000468. The van der Waals surface area contributed by atoms with E-state index in [1.54, 1.807) is 36.4 Å². The van der Waals surface area contributed by atoms with E-state index in [1.165, 1.54) is 30.0 Å². The van der Waals surface area contributed by atoms with Crippen LogP contribution in [0.1, 0.15) is 43.0 Å².